The Kier molecular flexibility index (Phi) is 5.69. The van der Waals surface area contributed by atoms with Gasteiger partial charge in [0.05, 0.1) is 12.1 Å². The highest BCUT2D eigenvalue weighted by Crippen LogP contribution is 2.32. The smallest absolute Gasteiger partial charge is 0.407 e. The second kappa shape index (κ2) is 8.72. The second-order valence-electron chi connectivity index (χ2n) is 7.08. The van der Waals surface area contributed by atoms with Gasteiger partial charge in [-0.05, 0) is 16.7 Å². The molecular formula is C24H24N2O2. The number of likely N-dealkylation sites (tertiary alicyclic amines) is 1. The lowest BCUT2D eigenvalue weighted by Gasteiger charge is -2.44. The van der Waals surface area contributed by atoms with Gasteiger partial charge in [0.25, 0.3) is 0 Å². The molecule has 4 heteroatoms. The highest BCUT2D eigenvalue weighted by Gasteiger charge is 2.35. The topological polar surface area (TPSA) is 41.6 Å². The van der Waals surface area contributed by atoms with Gasteiger partial charge in [0.15, 0.2) is 0 Å². The van der Waals surface area contributed by atoms with E-state index in [-0.39, 0.29) is 18.2 Å². The molecule has 1 aliphatic heterocycles. The van der Waals surface area contributed by atoms with E-state index in [0.717, 1.165) is 18.7 Å². The van der Waals surface area contributed by atoms with Crippen molar-refractivity contribution in [1.82, 2.24) is 10.2 Å². The molecule has 0 unspecified atom stereocenters. The third-order valence-electron chi connectivity index (χ3n) is 5.04. The summed E-state index contributed by atoms with van der Waals surface area (Å²) in [6.45, 7) is 1.89. The molecule has 3 aromatic rings. The molecule has 0 spiro atoms. The van der Waals surface area contributed by atoms with Crippen molar-refractivity contribution in [3.63, 3.8) is 0 Å². The molecule has 3 aromatic carbocycles. The molecule has 142 valence electrons. The maximum atomic E-state index is 12.1. The predicted molar refractivity (Wildman–Crippen MR) is 110 cm³/mol. The van der Waals surface area contributed by atoms with Crippen LogP contribution in [0.3, 0.4) is 0 Å². The molecule has 1 saturated heterocycles. The van der Waals surface area contributed by atoms with Crippen molar-refractivity contribution in [3.8, 4) is 0 Å². The van der Waals surface area contributed by atoms with Crippen molar-refractivity contribution in [3.05, 3.63) is 108 Å². The Morgan fingerprint density at radius 2 is 1.36 bits per heavy atom. The van der Waals surface area contributed by atoms with Crippen LogP contribution in [0.25, 0.3) is 0 Å². The van der Waals surface area contributed by atoms with Gasteiger partial charge < -0.3 is 10.1 Å². The van der Waals surface area contributed by atoms with Gasteiger partial charge in [0, 0.05) is 13.1 Å². The average Bonchev–Trinajstić information content (AvgIpc) is 2.73. The predicted octanol–water partition coefficient (Wildman–Crippen LogP) is 4.39. The van der Waals surface area contributed by atoms with E-state index in [4.69, 9.17) is 4.74 Å². The van der Waals surface area contributed by atoms with E-state index in [9.17, 15) is 4.79 Å². The summed E-state index contributed by atoms with van der Waals surface area (Å²) in [6, 6.07) is 31.0. The Hall–Kier alpha value is -3.11. The first-order valence-electron chi connectivity index (χ1n) is 9.61. The third-order valence-corrected chi connectivity index (χ3v) is 5.04. The van der Waals surface area contributed by atoms with E-state index in [2.05, 4.69) is 58.7 Å². The minimum atomic E-state index is -0.357. The van der Waals surface area contributed by atoms with Crippen LogP contribution in [0.5, 0.6) is 0 Å². The molecule has 0 atom stereocenters. The first-order chi connectivity index (χ1) is 13.8. The molecule has 28 heavy (non-hydrogen) atoms. The number of carbonyl (C=O) groups excluding carboxylic acids is 1. The molecule has 0 aliphatic carbocycles. The molecule has 1 heterocycles. The molecule has 0 saturated carbocycles. The van der Waals surface area contributed by atoms with Crippen molar-refractivity contribution in [2.45, 2.75) is 18.7 Å². The fourth-order valence-electron chi connectivity index (χ4n) is 3.63. The van der Waals surface area contributed by atoms with Crippen molar-refractivity contribution in [2.75, 3.05) is 13.1 Å². The maximum Gasteiger partial charge on any atom is 0.407 e. The average molecular weight is 372 g/mol. The zero-order chi connectivity index (χ0) is 19.2. The lowest BCUT2D eigenvalue weighted by Crippen LogP contribution is -2.60. The summed E-state index contributed by atoms with van der Waals surface area (Å²) >= 11 is 0. The Bertz CT molecular complexity index is 839. The Balaban J connectivity index is 1.34. The van der Waals surface area contributed by atoms with Gasteiger partial charge in [-0.2, -0.15) is 0 Å². The van der Waals surface area contributed by atoms with Gasteiger partial charge in [0.1, 0.15) is 6.61 Å². The SMILES string of the molecule is O=C(NC1CN(C(c2ccccc2)c2ccccc2)C1)OCc1ccccc1. The molecule has 1 aliphatic rings. The van der Waals surface area contributed by atoms with E-state index >= 15 is 0 Å². The van der Waals surface area contributed by atoms with Crippen LogP contribution in [0, 0.1) is 0 Å². The largest absolute Gasteiger partial charge is 0.445 e. The van der Waals surface area contributed by atoms with Crippen molar-refractivity contribution in [1.29, 1.82) is 0 Å². The zero-order valence-electron chi connectivity index (χ0n) is 15.7. The van der Waals surface area contributed by atoms with Crippen molar-refractivity contribution < 1.29 is 9.53 Å². The van der Waals surface area contributed by atoms with E-state index < -0.39 is 0 Å². The minimum Gasteiger partial charge on any atom is -0.445 e. The summed E-state index contributed by atoms with van der Waals surface area (Å²) in [7, 11) is 0. The second-order valence-corrected chi connectivity index (χ2v) is 7.08. The Morgan fingerprint density at radius 1 is 0.857 bits per heavy atom. The molecule has 0 bridgehead atoms. The lowest BCUT2D eigenvalue weighted by molar-refractivity contribution is 0.0786. The number of hydrogen-bond acceptors (Lipinski definition) is 3. The molecule has 4 nitrogen and oxygen atoms in total. The number of hydrogen-bond donors (Lipinski definition) is 1. The van der Waals surface area contributed by atoms with E-state index in [0.29, 0.717) is 6.61 Å². The Labute approximate surface area is 165 Å². The van der Waals surface area contributed by atoms with Crippen molar-refractivity contribution in [2.24, 2.45) is 0 Å². The van der Waals surface area contributed by atoms with Gasteiger partial charge in [0.2, 0.25) is 0 Å². The number of amides is 1. The quantitative estimate of drug-likeness (QED) is 0.698. The van der Waals surface area contributed by atoms with Crippen LogP contribution in [0.2, 0.25) is 0 Å². The summed E-state index contributed by atoms with van der Waals surface area (Å²) in [5.41, 5.74) is 3.51. The van der Waals surface area contributed by atoms with Gasteiger partial charge in [-0.15, -0.1) is 0 Å². The van der Waals surface area contributed by atoms with Crippen molar-refractivity contribution >= 4 is 6.09 Å². The summed E-state index contributed by atoms with van der Waals surface area (Å²) in [4.78, 5) is 14.5. The molecule has 0 aromatic heterocycles. The number of nitrogens with zero attached hydrogens (tertiary/aromatic N) is 1. The Morgan fingerprint density at radius 3 is 1.89 bits per heavy atom. The van der Waals surface area contributed by atoms with E-state index in [1.165, 1.54) is 11.1 Å². The number of nitrogens with one attached hydrogen (secondary N) is 1. The summed E-state index contributed by atoms with van der Waals surface area (Å²) < 4.78 is 5.33. The fourth-order valence-corrected chi connectivity index (χ4v) is 3.63. The number of ether oxygens (including phenoxy) is 1. The standard InChI is InChI=1S/C24H24N2O2/c27-24(28-18-19-10-4-1-5-11-19)25-22-16-26(17-22)23(20-12-6-2-7-13-20)21-14-8-3-9-15-21/h1-15,22-23H,16-18H2,(H,25,27). The van der Waals surface area contributed by atoms with Gasteiger partial charge in [-0.3, -0.25) is 4.90 Å². The molecule has 4 rings (SSSR count). The monoisotopic (exact) mass is 372 g/mol. The van der Waals surface area contributed by atoms with E-state index in [1.807, 2.05) is 42.5 Å². The third kappa shape index (κ3) is 4.41. The van der Waals surface area contributed by atoms with Crippen LogP contribution in [0.1, 0.15) is 22.7 Å². The van der Waals surface area contributed by atoms with Crippen LogP contribution < -0.4 is 5.32 Å². The van der Waals surface area contributed by atoms with Crippen LogP contribution in [0.15, 0.2) is 91.0 Å². The number of alkyl carbamates (subject to hydrolysis) is 1. The van der Waals surface area contributed by atoms with Gasteiger partial charge in [-0.25, -0.2) is 4.79 Å². The van der Waals surface area contributed by atoms with Gasteiger partial charge in [-0.1, -0.05) is 91.0 Å². The zero-order valence-corrected chi connectivity index (χ0v) is 15.7. The van der Waals surface area contributed by atoms with Gasteiger partial charge >= 0.3 is 6.09 Å². The summed E-state index contributed by atoms with van der Waals surface area (Å²) in [5.74, 6) is 0. The summed E-state index contributed by atoms with van der Waals surface area (Å²) in [6.07, 6.45) is -0.357. The first-order valence-corrected chi connectivity index (χ1v) is 9.61. The molecular weight excluding hydrogens is 348 g/mol. The molecule has 1 fully saturated rings. The van der Waals surface area contributed by atoms with Crippen LogP contribution in [-0.2, 0) is 11.3 Å². The number of benzene rings is 3. The molecule has 1 N–H and O–H groups in total. The number of rotatable bonds is 6. The minimum absolute atomic E-state index is 0.109. The van der Waals surface area contributed by atoms with E-state index in [1.54, 1.807) is 0 Å². The normalized spacial score (nSPS) is 14.5. The molecule has 0 radical (unpaired) electrons. The first kappa shape index (κ1) is 18.3. The lowest BCUT2D eigenvalue weighted by atomic mass is 9.93. The highest BCUT2D eigenvalue weighted by atomic mass is 16.5. The van der Waals surface area contributed by atoms with Crippen LogP contribution in [0.4, 0.5) is 4.79 Å². The van der Waals surface area contributed by atoms with Crippen LogP contribution in [-0.4, -0.2) is 30.1 Å². The molecule has 1 amide bonds. The summed E-state index contributed by atoms with van der Waals surface area (Å²) in [5, 5.41) is 2.97. The fraction of sp³-hybridized carbons (Fsp3) is 0.208. The maximum absolute atomic E-state index is 12.1. The highest BCUT2D eigenvalue weighted by molar-refractivity contribution is 5.67. The van der Waals surface area contributed by atoms with Crippen LogP contribution >= 0.6 is 0 Å². The number of carbonyl (C=O) groups is 1.